The van der Waals surface area contributed by atoms with Crippen LogP contribution in [0, 0.1) is 0 Å². The summed E-state index contributed by atoms with van der Waals surface area (Å²) in [5.74, 6) is 0. The first-order valence-electron chi connectivity index (χ1n) is 4.65. The van der Waals surface area contributed by atoms with Gasteiger partial charge in [0.25, 0.3) is 0 Å². The van der Waals surface area contributed by atoms with E-state index in [2.05, 4.69) is 11.9 Å². The Hall–Kier alpha value is -1.19. The zero-order valence-corrected chi connectivity index (χ0v) is 9.13. The van der Waals surface area contributed by atoms with Crippen LogP contribution < -0.4 is 5.32 Å². The minimum Gasteiger partial charge on any atom is -0.502 e. The van der Waals surface area contributed by atoms with E-state index in [1.807, 2.05) is 20.8 Å². The number of amides is 1. The van der Waals surface area contributed by atoms with E-state index in [9.17, 15) is 4.79 Å². The first-order chi connectivity index (χ1) is 6.45. The number of nitrogens with one attached hydrogen (secondary N) is 1. The Morgan fingerprint density at radius 3 is 2.64 bits per heavy atom. The summed E-state index contributed by atoms with van der Waals surface area (Å²) in [5, 5.41) is 2.62. The van der Waals surface area contributed by atoms with E-state index < -0.39 is 11.7 Å². The highest BCUT2D eigenvalue weighted by Gasteiger charge is 2.15. The van der Waals surface area contributed by atoms with Crippen molar-refractivity contribution in [3.05, 3.63) is 12.8 Å². The van der Waals surface area contributed by atoms with Crippen molar-refractivity contribution >= 4 is 6.09 Å². The minimum atomic E-state index is -0.443. The van der Waals surface area contributed by atoms with Crippen LogP contribution in [0.2, 0.25) is 0 Å². The number of rotatable bonds is 5. The van der Waals surface area contributed by atoms with Crippen LogP contribution in [-0.4, -0.2) is 24.8 Å². The van der Waals surface area contributed by atoms with Crippen LogP contribution in [0.1, 0.15) is 27.2 Å². The quantitative estimate of drug-likeness (QED) is 0.547. The van der Waals surface area contributed by atoms with Gasteiger partial charge in [-0.25, -0.2) is 4.79 Å². The molecule has 0 heterocycles. The molecule has 0 atom stereocenters. The number of carbonyl (C=O) groups excluding carboxylic acids is 1. The summed E-state index contributed by atoms with van der Waals surface area (Å²) in [4.78, 5) is 11.1. The Bertz CT molecular complexity index is 184. The average Bonchev–Trinajstić information content (AvgIpc) is 2.00. The fourth-order valence-electron chi connectivity index (χ4n) is 0.743. The lowest BCUT2D eigenvalue weighted by atomic mass is 10.2. The standard InChI is InChI=1S/C10H19NO3/c1-5-13-8-6-7-11-9(12)14-10(2,3)4/h5H,1,6-8H2,2-4H3,(H,11,12). The third kappa shape index (κ3) is 8.90. The number of ether oxygens (including phenoxy) is 2. The summed E-state index contributed by atoms with van der Waals surface area (Å²) in [7, 11) is 0. The molecule has 0 radical (unpaired) electrons. The van der Waals surface area contributed by atoms with Gasteiger partial charge in [-0.05, 0) is 27.2 Å². The van der Waals surface area contributed by atoms with Gasteiger partial charge in [-0.1, -0.05) is 6.58 Å². The molecule has 0 aliphatic carbocycles. The lowest BCUT2D eigenvalue weighted by Crippen LogP contribution is -2.33. The molecule has 4 heteroatoms. The van der Waals surface area contributed by atoms with Gasteiger partial charge in [0.15, 0.2) is 0 Å². The summed E-state index contributed by atoms with van der Waals surface area (Å²) in [6, 6.07) is 0. The van der Waals surface area contributed by atoms with Crippen molar-refractivity contribution in [3.63, 3.8) is 0 Å². The molecule has 0 aromatic heterocycles. The zero-order chi connectivity index (χ0) is 11.0. The molecule has 1 N–H and O–H groups in total. The van der Waals surface area contributed by atoms with E-state index in [-0.39, 0.29) is 0 Å². The number of alkyl carbamates (subject to hydrolysis) is 1. The van der Waals surface area contributed by atoms with Crippen LogP contribution in [0.15, 0.2) is 12.8 Å². The molecule has 0 aliphatic heterocycles. The molecule has 0 spiro atoms. The third-order valence-electron chi connectivity index (χ3n) is 1.23. The molecule has 82 valence electrons. The van der Waals surface area contributed by atoms with Gasteiger partial charge in [-0.15, -0.1) is 0 Å². The maximum Gasteiger partial charge on any atom is 0.407 e. The largest absolute Gasteiger partial charge is 0.502 e. The van der Waals surface area contributed by atoms with Crippen molar-refractivity contribution in [2.75, 3.05) is 13.2 Å². The molecule has 0 saturated heterocycles. The molecule has 0 unspecified atom stereocenters. The predicted octanol–water partition coefficient (Wildman–Crippen LogP) is 2.06. The average molecular weight is 201 g/mol. The van der Waals surface area contributed by atoms with Crippen LogP contribution in [-0.2, 0) is 9.47 Å². The molecular weight excluding hydrogens is 182 g/mol. The van der Waals surface area contributed by atoms with Crippen LogP contribution in [0.5, 0.6) is 0 Å². The third-order valence-corrected chi connectivity index (χ3v) is 1.23. The molecule has 1 amide bonds. The summed E-state index contributed by atoms with van der Waals surface area (Å²) in [5.41, 5.74) is -0.443. The van der Waals surface area contributed by atoms with Gasteiger partial charge >= 0.3 is 6.09 Å². The highest BCUT2D eigenvalue weighted by Crippen LogP contribution is 2.06. The van der Waals surface area contributed by atoms with Gasteiger partial charge in [0.1, 0.15) is 5.60 Å². The summed E-state index contributed by atoms with van der Waals surface area (Å²) in [6.07, 6.45) is 1.73. The Balaban J connectivity index is 3.41. The van der Waals surface area contributed by atoms with Crippen molar-refractivity contribution < 1.29 is 14.3 Å². The van der Waals surface area contributed by atoms with E-state index in [1.165, 1.54) is 6.26 Å². The second kappa shape index (κ2) is 6.29. The van der Waals surface area contributed by atoms with Crippen LogP contribution in [0.3, 0.4) is 0 Å². The molecule has 0 bridgehead atoms. The molecule has 0 aromatic carbocycles. The second-order valence-corrected chi connectivity index (χ2v) is 3.82. The summed E-state index contributed by atoms with van der Waals surface area (Å²) >= 11 is 0. The number of hydrogen-bond donors (Lipinski definition) is 1. The van der Waals surface area contributed by atoms with Crippen molar-refractivity contribution in [1.29, 1.82) is 0 Å². The van der Waals surface area contributed by atoms with Gasteiger partial charge in [0.2, 0.25) is 0 Å². The molecule has 4 nitrogen and oxygen atoms in total. The van der Waals surface area contributed by atoms with Crippen LogP contribution >= 0.6 is 0 Å². The lowest BCUT2D eigenvalue weighted by Gasteiger charge is -2.19. The van der Waals surface area contributed by atoms with Crippen molar-refractivity contribution in [2.24, 2.45) is 0 Å². The number of carbonyl (C=O) groups is 1. The molecular formula is C10H19NO3. The first-order valence-corrected chi connectivity index (χ1v) is 4.65. The maximum absolute atomic E-state index is 11.1. The summed E-state index contributed by atoms with van der Waals surface area (Å²) < 4.78 is 9.92. The molecule has 0 aliphatic rings. The topological polar surface area (TPSA) is 47.6 Å². The van der Waals surface area contributed by atoms with E-state index in [0.717, 1.165) is 6.42 Å². The first kappa shape index (κ1) is 12.8. The minimum absolute atomic E-state index is 0.392. The molecule has 14 heavy (non-hydrogen) atoms. The normalized spacial score (nSPS) is 10.5. The SMILES string of the molecule is C=COCCCNC(=O)OC(C)(C)C. The highest BCUT2D eigenvalue weighted by atomic mass is 16.6. The Kier molecular flexibility index (Phi) is 5.76. The van der Waals surface area contributed by atoms with E-state index in [1.54, 1.807) is 0 Å². The fourth-order valence-corrected chi connectivity index (χ4v) is 0.743. The van der Waals surface area contributed by atoms with E-state index >= 15 is 0 Å². The Morgan fingerprint density at radius 2 is 2.14 bits per heavy atom. The van der Waals surface area contributed by atoms with Gasteiger partial charge < -0.3 is 14.8 Å². The molecule has 0 rings (SSSR count). The Morgan fingerprint density at radius 1 is 1.50 bits per heavy atom. The monoisotopic (exact) mass is 201 g/mol. The predicted molar refractivity (Wildman–Crippen MR) is 55.0 cm³/mol. The second-order valence-electron chi connectivity index (χ2n) is 3.82. The van der Waals surface area contributed by atoms with E-state index in [4.69, 9.17) is 9.47 Å². The van der Waals surface area contributed by atoms with Crippen LogP contribution in [0.25, 0.3) is 0 Å². The van der Waals surface area contributed by atoms with Gasteiger partial charge in [-0.2, -0.15) is 0 Å². The van der Waals surface area contributed by atoms with E-state index in [0.29, 0.717) is 13.2 Å². The maximum atomic E-state index is 11.1. The van der Waals surface area contributed by atoms with Crippen LogP contribution in [0.4, 0.5) is 4.79 Å². The smallest absolute Gasteiger partial charge is 0.407 e. The van der Waals surface area contributed by atoms with Crippen molar-refractivity contribution in [1.82, 2.24) is 5.32 Å². The molecule has 0 aromatic rings. The van der Waals surface area contributed by atoms with Gasteiger partial charge in [-0.3, -0.25) is 0 Å². The highest BCUT2D eigenvalue weighted by molar-refractivity contribution is 5.67. The fraction of sp³-hybridized carbons (Fsp3) is 0.700. The zero-order valence-electron chi connectivity index (χ0n) is 9.13. The Labute approximate surface area is 85.3 Å². The van der Waals surface area contributed by atoms with Gasteiger partial charge in [0, 0.05) is 6.54 Å². The molecule has 0 fully saturated rings. The van der Waals surface area contributed by atoms with Crippen molar-refractivity contribution in [3.8, 4) is 0 Å². The lowest BCUT2D eigenvalue weighted by molar-refractivity contribution is 0.0524. The summed E-state index contributed by atoms with van der Waals surface area (Å²) in [6.45, 7) is 9.99. The van der Waals surface area contributed by atoms with Crippen molar-refractivity contribution in [2.45, 2.75) is 32.8 Å². The molecule has 0 saturated carbocycles. The van der Waals surface area contributed by atoms with Gasteiger partial charge in [0.05, 0.1) is 12.9 Å². The number of hydrogen-bond acceptors (Lipinski definition) is 3.